The highest BCUT2D eigenvalue weighted by molar-refractivity contribution is 14.0. The number of hydrogen-bond acceptors (Lipinski definition) is 3. The van der Waals surface area contributed by atoms with Crippen molar-refractivity contribution < 1.29 is 4.52 Å². The molecule has 1 aromatic carbocycles. The summed E-state index contributed by atoms with van der Waals surface area (Å²) < 4.78 is 4.83. The van der Waals surface area contributed by atoms with E-state index in [4.69, 9.17) is 16.1 Å². The second-order valence-electron chi connectivity index (χ2n) is 5.83. The number of rotatable bonds is 6. The third-order valence-electron chi connectivity index (χ3n) is 4.12. The maximum Gasteiger partial charge on any atom is 0.191 e. The first kappa shape index (κ1) is 19.1. The molecule has 1 aliphatic carbocycles. The maximum absolute atomic E-state index is 6.13. The van der Waals surface area contributed by atoms with Gasteiger partial charge in [-0.25, -0.2) is 4.99 Å². The molecule has 7 heteroatoms. The Labute approximate surface area is 164 Å². The lowest BCUT2D eigenvalue weighted by atomic mass is 9.96. The third kappa shape index (κ3) is 4.86. The molecule has 5 nitrogen and oxygen atoms in total. The maximum atomic E-state index is 6.13. The summed E-state index contributed by atoms with van der Waals surface area (Å²) in [6.07, 6.45) is 3.90. The fourth-order valence-corrected chi connectivity index (χ4v) is 2.80. The molecule has 0 unspecified atom stereocenters. The number of nitrogens with one attached hydrogen (secondary N) is 2. The Morgan fingerprint density at radius 1 is 1.33 bits per heavy atom. The van der Waals surface area contributed by atoms with Gasteiger partial charge >= 0.3 is 0 Å². The molecule has 1 saturated carbocycles. The zero-order valence-corrected chi connectivity index (χ0v) is 16.7. The van der Waals surface area contributed by atoms with Crippen LogP contribution in [0.1, 0.15) is 31.0 Å². The smallest absolute Gasteiger partial charge is 0.191 e. The highest BCUT2D eigenvalue weighted by Gasteiger charge is 2.44. The molecule has 1 aliphatic rings. The summed E-state index contributed by atoms with van der Waals surface area (Å²) in [5.74, 6) is 0.795. The van der Waals surface area contributed by atoms with Crippen LogP contribution in [0.3, 0.4) is 0 Å². The zero-order chi connectivity index (χ0) is 16.1. The summed E-state index contributed by atoms with van der Waals surface area (Å²) >= 11 is 6.13. The Morgan fingerprint density at radius 2 is 2.17 bits per heavy atom. The van der Waals surface area contributed by atoms with Gasteiger partial charge in [-0.15, -0.1) is 24.0 Å². The van der Waals surface area contributed by atoms with Crippen molar-refractivity contribution in [2.24, 2.45) is 4.99 Å². The Morgan fingerprint density at radius 3 is 2.79 bits per heavy atom. The lowest BCUT2D eigenvalue weighted by Gasteiger charge is -2.19. The SMILES string of the molecule is CCNC(=NCc1ccon1)NCC1(c2cccc(Cl)c2)CC1.I. The van der Waals surface area contributed by atoms with E-state index in [1.807, 2.05) is 18.2 Å². The van der Waals surface area contributed by atoms with E-state index in [-0.39, 0.29) is 29.4 Å². The van der Waals surface area contributed by atoms with Crippen molar-refractivity contribution in [2.75, 3.05) is 13.1 Å². The standard InChI is InChI=1S/C17H21ClN4O.HI/c1-2-19-16(20-11-15-6-9-23-22-15)21-12-17(7-8-17)13-4-3-5-14(18)10-13;/h3-6,9-10H,2,7-8,11-12H2,1H3,(H2,19,20,21);1H. The zero-order valence-electron chi connectivity index (χ0n) is 13.6. The molecule has 3 rings (SSSR count). The normalized spacial score (nSPS) is 15.5. The summed E-state index contributed by atoms with van der Waals surface area (Å²) in [5, 5.41) is 11.4. The van der Waals surface area contributed by atoms with Crippen LogP contribution >= 0.6 is 35.6 Å². The summed E-state index contributed by atoms with van der Waals surface area (Å²) in [7, 11) is 0. The molecule has 130 valence electrons. The van der Waals surface area contributed by atoms with E-state index in [9.17, 15) is 0 Å². The molecule has 1 heterocycles. The molecule has 2 aromatic rings. The lowest BCUT2D eigenvalue weighted by Crippen LogP contribution is -2.41. The van der Waals surface area contributed by atoms with E-state index in [0.29, 0.717) is 6.54 Å². The monoisotopic (exact) mass is 460 g/mol. The fraction of sp³-hybridized carbons (Fsp3) is 0.412. The van der Waals surface area contributed by atoms with Gasteiger partial charge in [-0.05, 0) is 37.5 Å². The first-order valence-corrected chi connectivity index (χ1v) is 8.27. The van der Waals surface area contributed by atoms with E-state index in [1.54, 1.807) is 6.26 Å². The van der Waals surface area contributed by atoms with Gasteiger partial charge in [0.25, 0.3) is 0 Å². The summed E-state index contributed by atoms with van der Waals surface area (Å²) in [4.78, 5) is 4.54. The topological polar surface area (TPSA) is 62.5 Å². The van der Waals surface area contributed by atoms with E-state index < -0.39 is 0 Å². The van der Waals surface area contributed by atoms with Gasteiger partial charge in [0.15, 0.2) is 5.96 Å². The predicted molar refractivity (Wildman–Crippen MR) is 107 cm³/mol. The molecule has 2 N–H and O–H groups in total. The van der Waals surface area contributed by atoms with Gasteiger partial charge in [0.2, 0.25) is 0 Å². The van der Waals surface area contributed by atoms with Gasteiger partial charge < -0.3 is 15.2 Å². The molecule has 24 heavy (non-hydrogen) atoms. The van der Waals surface area contributed by atoms with Gasteiger partial charge in [-0.1, -0.05) is 28.9 Å². The van der Waals surface area contributed by atoms with Crippen LogP contribution in [0.2, 0.25) is 5.02 Å². The Bertz CT molecular complexity index is 671. The third-order valence-corrected chi connectivity index (χ3v) is 4.35. The quantitative estimate of drug-likeness (QED) is 0.392. The second kappa shape index (κ2) is 8.71. The molecule has 0 spiro atoms. The molecular formula is C17H22ClIN4O. The molecular weight excluding hydrogens is 439 g/mol. The van der Waals surface area contributed by atoms with Crippen LogP contribution in [0.25, 0.3) is 0 Å². The van der Waals surface area contributed by atoms with E-state index in [1.165, 1.54) is 18.4 Å². The van der Waals surface area contributed by atoms with Crippen LogP contribution in [-0.4, -0.2) is 24.2 Å². The number of aromatic nitrogens is 1. The molecule has 0 amide bonds. The number of aliphatic imine (C=N–C) groups is 1. The van der Waals surface area contributed by atoms with Gasteiger partial charge in [-0.2, -0.15) is 0 Å². The van der Waals surface area contributed by atoms with Gasteiger partial charge in [0.05, 0.1) is 6.54 Å². The molecule has 0 bridgehead atoms. The first-order chi connectivity index (χ1) is 11.2. The van der Waals surface area contributed by atoms with E-state index in [2.05, 4.69) is 39.8 Å². The van der Waals surface area contributed by atoms with Crippen molar-refractivity contribution in [3.05, 3.63) is 52.9 Å². The lowest BCUT2D eigenvalue weighted by molar-refractivity contribution is 0.412. The first-order valence-electron chi connectivity index (χ1n) is 7.89. The number of benzene rings is 1. The molecule has 0 radical (unpaired) electrons. The van der Waals surface area contributed by atoms with Crippen LogP contribution in [0.4, 0.5) is 0 Å². The van der Waals surface area contributed by atoms with Crippen LogP contribution < -0.4 is 10.6 Å². The Balaban J connectivity index is 0.00000208. The Hall–Kier alpha value is -1.28. The molecule has 0 saturated heterocycles. The highest BCUT2D eigenvalue weighted by atomic mass is 127. The number of hydrogen-bond donors (Lipinski definition) is 2. The van der Waals surface area contributed by atoms with Crippen LogP contribution in [0.15, 0.2) is 46.1 Å². The summed E-state index contributed by atoms with van der Waals surface area (Å²) in [5.41, 5.74) is 2.29. The minimum absolute atomic E-state index is 0. The molecule has 1 fully saturated rings. The predicted octanol–water partition coefficient (Wildman–Crippen LogP) is 3.73. The van der Waals surface area contributed by atoms with Crippen LogP contribution in [-0.2, 0) is 12.0 Å². The van der Waals surface area contributed by atoms with Crippen molar-refractivity contribution in [3.63, 3.8) is 0 Å². The number of halogens is 2. The van der Waals surface area contributed by atoms with Gasteiger partial charge in [0, 0.05) is 29.6 Å². The van der Waals surface area contributed by atoms with Gasteiger partial charge in [0.1, 0.15) is 12.0 Å². The van der Waals surface area contributed by atoms with Crippen molar-refractivity contribution >= 4 is 41.5 Å². The number of nitrogens with zero attached hydrogens (tertiary/aromatic N) is 2. The minimum Gasteiger partial charge on any atom is -0.364 e. The van der Waals surface area contributed by atoms with Gasteiger partial charge in [-0.3, -0.25) is 0 Å². The largest absolute Gasteiger partial charge is 0.364 e. The van der Waals surface area contributed by atoms with Crippen molar-refractivity contribution in [3.8, 4) is 0 Å². The van der Waals surface area contributed by atoms with Crippen molar-refractivity contribution in [1.29, 1.82) is 0 Å². The number of guanidine groups is 1. The van der Waals surface area contributed by atoms with E-state index in [0.717, 1.165) is 29.8 Å². The molecule has 1 aromatic heterocycles. The van der Waals surface area contributed by atoms with E-state index >= 15 is 0 Å². The van der Waals surface area contributed by atoms with Crippen molar-refractivity contribution in [2.45, 2.75) is 31.7 Å². The van der Waals surface area contributed by atoms with Crippen molar-refractivity contribution in [1.82, 2.24) is 15.8 Å². The average Bonchev–Trinajstić information content (AvgIpc) is 3.17. The molecule has 0 atom stereocenters. The molecule has 0 aliphatic heterocycles. The second-order valence-corrected chi connectivity index (χ2v) is 6.27. The summed E-state index contributed by atoms with van der Waals surface area (Å²) in [6.45, 7) is 4.21. The fourth-order valence-electron chi connectivity index (χ4n) is 2.61. The average molecular weight is 461 g/mol. The Kier molecular flexibility index (Phi) is 6.91. The minimum atomic E-state index is 0. The summed E-state index contributed by atoms with van der Waals surface area (Å²) in [6, 6.07) is 9.97. The van der Waals surface area contributed by atoms with Crippen LogP contribution in [0, 0.1) is 0 Å². The highest BCUT2D eigenvalue weighted by Crippen LogP contribution is 2.48. The van der Waals surface area contributed by atoms with Crippen LogP contribution in [0.5, 0.6) is 0 Å².